The van der Waals surface area contributed by atoms with Gasteiger partial charge in [0.25, 0.3) is 0 Å². The molecule has 4 heteroatoms. The molecule has 0 aromatic rings. The van der Waals surface area contributed by atoms with E-state index in [-0.39, 0.29) is 0 Å². The first kappa shape index (κ1) is 14.0. The molecule has 2 aliphatic carbocycles. The van der Waals surface area contributed by atoms with E-state index >= 15 is 0 Å². The van der Waals surface area contributed by atoms with Gasteiger partial charge < -0.3 is 11.1 Å². The summed E-state index contributed by atoms with van der Waals surface area (Å²) in [4.78, 5) is 4.73. The van der Waals surface area contributed by atoms with Gasteiger partial charge in [-0.15, -0.1) is 0 Å². The fourth-order valence-electron chi connectivity index (χ4n) is 3.13. The summed E-state index contributed by atoms with van der Waals surface area (Å²) in [5.41, 5.74) is 6.07. The number of nitrogens with two attached hydrogens (primary N) is 1. The van der Waals surface area contributed by atoms with Gasteiger partial charge in [-0.25, -0.2) is 4.99 Å². The third-order valence-electron chi connectivity index (χ3n) is 4.06. The van der Waals surface area contributed by atoms with Gasteiger partial charge in [0, 0.05) is 11.3 Å². The Morgan fingerprint density at radius 2 is 1.94 bits per heavy atom. The van der Waals surface area contributed by atoms with Crippen LogP contribution in [0.25, 0.3) is 0 Å². The molecule has 2 atom stereocenters. The molecule has 0 heterocycles. The average molecular weight is 269 g/mol. The van der Waals surface area contributed by atoms with E-state index in [1.54, 1.807) is 0 Å². The van der Waals surface area contributed by atoms with Crippen molar-refractivity contribution < 1.29 is 0 Å². The first-order valence-corrected chi connectivity index (χ1v) is 8.56. The molecule has 2 fully saturated rings. The summed E-state index contributed by atoms with van der Waals surface area (Å²) in [6.45, 7) is 2.23. The van der Waals surface area contributed by atoms with Crippen LogP contribution in [0.3, 0.4) is 0 Å². The number of guanidine groups is 1. The highest BCUT2D eigenvalue weighted by Crippen LogP contribution is 2.32. The number of thioether (sulfide) groups is 1. The summed E-state index contributed by atoms with van der Waals surface area (Å²) in [6, 6.07) is 1.02. The van der Waals surface area contributed by atoms with Crippen molar-refractivity contribution in [2.24, 2.45) is 10.7 Å². The number of aliphatic imine (C=N–C) groups is 1. The van der Waals surface area contributed by atoms with E-state index in [4.69, 9.17) is 10.7 Å². The lowest BCUT2D eigenvalue weighted by Crippen LogP contribution is -2.42. The molecule has 0 aromatic heterocycles. The van der Waals surface area contributed by atoms with Gasteiger partial charge in [-0.3, -0.25) is 0 Å². The zero-order valence-corrected chi connectivity index (χ0v) is 12.3. The molecule has 0 aliphatic heterocycles. The summed E-state index contributed by atoms with van der Waals surface area (Å²) >= 11 is 2.04. The van der Waals surface area contributed by atoms with E-state index in [2.05, 4.69) is 12.2 Å². The van der Waals surface area contributed by atoms with Crippen LogP contribution in [0.5, 0.6) is 0 Å². The highest BCUT2D eigenvalue weighted by molar-refractivity contribution is 7.99. The summed E-state index contributed by atoms with van der Waals surface area (Å²) < 4.78 is 0. The fraction of sp³-hybridized carbons (Fsp3) is 0.929. The van der Waals surface area contributed by atoms with Gasteiger partial charge >= 0.3 is 0 Å². The van der Waals surface area contributed by atoms with Crippen molar-refractivity contribution in [3.8, 4) is 0 Å². The molecule has 3 N–H and O–H groups in total. The molecule has 0 saturated heterocycles. The smallest absolute Gasteiger partial charge is 0.189 e. The van der Waals surface area contributed by atoms with E-state index in [0.29, 0.717) is 23.3 Å². The number of nitrogens with one attached hydrogen (secondary N) is 1. The summed E-state index contributed by atoms with van der Waals surface area (Å²) in [5.74, 6) is 1.88. The van der Waals surface area contributed by atoms with Gasteiger partial charge in [0.2, 0.25) is 0 Å². The van der Waals surface area contributed by atoms with E-state index in [1.807, 2.05) is 11.8 Å². The minimum atomic E-state index is 0.450. The van der Waals surface area contributed by atoms with Gasteiger partial charge in [0.15, 0.2) is 5.96 Å². The normalized spacial score (nSPS) is 30.6. The summed E-state index contributed by atoms with van der Waals surface area (Å²) in [7, 11) is 0. The number of hydrogen-bond donors (Lipinski definition) is 2. The Morgan fingerprint density at radius 3 is 2.67 bits per heavy atom. The first-order chi connectivity index (χ1) is 8.79. The molecule has 2 aliphatic rings. The predicted molar refractivity (Wildman–Crippen MR) is 81.2 cm³/mol. The molecule has 0 bridgehead atoms. The fourth-order valence-corrected chi connectivity index (χ4v) is 4.32. The number of nitrogens with zero attached hydrogens (tertiary/aromatic N) is 1. The zero-order valence-electron chi connectivity index (χ0n) is 11.5. The molecule has 18 heavy (non-hydrogen) atoms. The largest absolute Gasteiger partial charge is 0.370 e. The number of hydrogen-bond acceptors (Lipinski definition) is 2. The maximum Gasteiger partial charge on any atom is 0.189 e. The molecular formula is C14H27N3S. The minimum Gasteiger partial charge on any atom is -0.370 e. The van der Waals surface area contributed by atoms with Crippen LogP contribution in [0.2, 0.25) is 0 Å². The summed E-state index contributed by atoms with van der Waals surface area (Å²) in [6.07, 6.45) is 10.4. The molecule has 2 saturated carbocycles. The van der Waals surface area contributed by atoms with Crippen molar-refractivity contribution in [3.05, 3.63) is 0 Å². The molecule has 0 spiro atoms. The predicted octanol–water partition coefficient (Wildman–Crippen LogP) is 2.90. The minimum absolute atomic E-state index is 0.450. The number of rotatable bonds is 4. The summed E-state index contributed by atoms with van der Waals surface area (Å²) in [5, 5.41) is 4.12. The van der Waals surface area contributed by atoms with Gasteiger partial charge in [0.1, 0.15) is 0 Å². The van der Waals surface area contributed by atoms with Gasteiger partial charge in [-0.1, -0.05) is 32.6 Å². The average Bonchev–Trinajstić information content (AvgIpc) is 2.78. The molecule has 3 nitrogen and oxygen atoms in total. The molecular weight excluding hydrogens is 242 g/mol. The van der Waals surface area contributed by atoms with Crippen LogP contribution >= 0.6 is 11.8 Å². The van der Waals surface area contributed by atoms with Crippen LogP contribution in [-0.4, -0.2) is 29.0 Å². The Bertz CT molecular complexity index is 274. The van der Waals surface area contributed by atoms with E-state index in [9.17, 15) is 0 Å². The van der Waals surface area contributed by atoms with Crippen LogP contribution in [0.1, 0.15) is 58.3 Å². The first-order valence-electron chi connectivity index (χ1n) is 7.51. The van der Waals surface area contributed by atoms with Crippen molar-refractivity contribution in [2.45, 2.75) is 75.6 Å². The topological polar surface area (TPSA) is 50.4 Å². The zero-order chi connectivity index (χ0) is 12.8. The highest BCUT2D eigenvalue weighted by atomic mass is 32.2. The van der Waals surface area contributed by atoms with Crippen LogP contribution in [0, 0.1) is 0 Å². The van der Waals surface area contributed by atoms with Crippen LogP contribution < -0.4 is 11.1 Å². The second kappa shape index (κ2) is 7.27. The van der Waals surface area contributed by atoms with Crippen molar-refractivity contribution in [3.63, 3.8) is 0 Å². The van der Waals surface area contributed by atoms with Crippen LogP contribution in [0.4, 0.5) is 0 Å². The van der Waals surface area contributed by atoms with Gasteiger partial charge in [0.05, 0.1) is 6.04 Å². The van der Waals surface area contributed by atoms with Crippen molar-refractivity contribution in [1.29, 1.82) is 0 Å². The molecule has 2 rings (SSSR count). The lowest BCUT2D eigenvalue weighted by atomic mass is 9.96. The van der Waals surface area contributed by atoms with Crippen molar-refractivity contribution in [2.75, 3.05) is 5.75 Å². The maximum absolute atomic E-state index is 6.07. The van der Waals surface area contributed by atoms with Gasteiger partial charge in [-0.05, 0) is 31.4 Å². The van der Waals surface area contributed by atoms with E-state index < -0.39 is 0 Å². The second-order valence-corrected chi connectivity index (χ2v) is 7.00. The Labute approximate surface area is 115 Å². The second-order valence-electron chi connectivity index (χ2n) is 5.49. The standard InChI is InChI=1S/C14H27N3S/c1-2-18-13-10-6-9-12(13)17-14(15)16-11-7-4-3-5-8-11/h11-13H,2-10H2,1H3,(H3,15,16,17). The lowest BCUT2D eigenvalue weighted by Gasteiger charge is -2.24. The Hall–Kier alpha value is -0.380. The molecule has 0 radical (unpaired) electrons. The third kappa shape index (κ3) is 4.08. The van der Waals surface area contributed by atoms with E-state index in [1.165, 1.54) is 57.1 Å². The Kier molecular flexibility index (Phi) is 5.67. The van der Waals surface area contributed by atoms with E-state index in [0.717, 1.165) is 0 Å². The molecule has 2 unspecified atom stereocenters. The van der Waals surface area contributed by atoms with Gasteiger partial charge in [-0.2, -0.15) is 11.8 Å². The quantitative estimate of drug-likeness (QED) is 0.609. The van der Waals surface area contributed by atoms with Crippen molar-refractivity contribution in [1.82, 2.24) is 5.32 Å². The monoisotopic (exact) mass is 269 g/mol. The highest BCUT2D eigenvalue weighted by Gasteiger charge is 2.27. The molecule has 104 valence electrons. The third-order valence-corrected chi connectivity index (χ3v) is 5.37. The Morgan fingerprint density at radius 1 is 1.17 bits per heavy atom. The van der Waals surface area contributed by atoms with Crippen LogP contribution in [-0.2, 0) is 0 Å². The maximum atomic E-state index is 6.07. The SMILES string of the molecule is CCSC1CCCC1N=C(N)NC1CCCCC1. The Balaban J connectivity index is 1.82. The lowest BCUT2D eigenvalue weighted by molar-refractivity contribution is 0.412. The molecule has 0 aromatic carbocycles. The van der Waals surface area contributed by atoms with Crippen LogP contribution in [0.15, 0.2) is 4.99 Å². The van der Waals surface area contributed by atoms with Crippen molar-refractivity contribution >= 4 is 17.7 Å². The molecule has 0 amide bonds.